The minimum atomic E-state index is -1.05. The van der Waals surface area contributed by atoms with Gasteiger partial charge >= 0.3 is 5.97 Å². The molecule has 0 aromatic heterocycles. The van der Waals surface area contributed by atoms with Crippen molar-refractivity contribution in [2.75, 3.05) is 11.9 Å². The van der Waals surface area contributed by atoms with Crippen molar-refractivity contribution in [3.05, 3.63) is 29.3 Å². The summed E-state index contributed by atoms with van der Waals surface area (Å²) in [5.74, 6) is -1.16. The third kappa shape index (κ3) is 3.56. The molecule has 1 aromatic carbocycles. The topological polar surface area (TPSA) is 57.6 Å². The third-order valence-electron chi connectivity index (χ3n) is 3.42. The molecule has 0 heterocycles. The first kappa shape index (κ1) is 15.2. The van der Waals surface area contributed by atoms with Crippen LogP contribution in [-0.2, 0) is 9.59 Å². The number of aryl methyl sites for hydroxylation is 2. The van der Waals surface area contributed by atoms with Crippen LogP contribution in [0.4, 0.5) is 5.69 Å². The molecule has 1 amide bonds. The van der Waals surface area contributed by atoms with E-state index >= 15 is 0 Å². The summed E-state index contributed by atoms with van der Waals surface area (Å²) in [5, 5.41) is 9.05. The Balaban J connectivity index is 2.88. The Bertz CT molecular complexity index is 506. The van der Waals surface area contributed by atoms with Gasteiger partial charge in [0.05, 0.1) is 5.41 Å². The van der Waals surface area contributed by atoms with E-state index in [0.29, 0.717) is 0 Å². The van der Waals surface area contributed by atoms with Crippen LogP contribution in [-0.4, -0.2) is 24.0 Å². The number of carbonyl (C=O) groups is 2. The van der Waals surface area contributed by atoms with E-state index in [2.05, 4.69) is 0 Å². The highest BCUT2D eigenvalue weighted by Crippen LogP contribution is 2.24. The minimum Gasteiger partial charge on any atom is -0.481 e. The SMILES string of the molecule is Cc1ccc(N(C)C(=O)CC(C)(C)C(=O)O)cc1C. The zero-order valence-corrected chi connectivity index (χ0v) is 12.2. The summed E-state index contributed by atoms with van der Waals surface area (Å²) in [6.45, 7) is 7.11. The molecule has 0 unspecified atom stereocenters. The number of carbonyl (C=O) groups excluding carboxylic acids is 1. The lowest BCUT2D eigenvalue weighted by Crippen LogP contribution is -2.34. The van der Waals surface area contributed by atoms with Crippen molar-refractivity contribution < 1.29 is 14.7 Å². The Labute approximate surface area is 114 Å². The van der Waals surface area contributed by atoms with E-state index in [1.165, 1.54) is 4.90 Å². The number of aliphatic carboxylic acids is 1. The molecule has 0 aliphatic carbocycles. The van der Waals surface area contributed by atoms with Gasteiger partial charge in [0.25, 0.3) is 0 Å². The molecule has 0 saturated heterocycles. The highest BCUT2D eigenvalue weighted by molar-refractivity contribution is 5.95. The second-order valence-corrected chi connectivity index (χ2v) is 5.59. The van der Waals surface area contributed by atoms with Gasteiger partial charge in [0.2, 0.25) is 5.91 Å². The maximum absolute atomic E-state index is 12.1. The van der Waals surface area contributed by atoms with Crippen molar-refractivity contribution in [1.82, 2.24) is 0 Å². The molecule has 4 nitrogen and oxygen atoms in total. The van der Waals surface area contributed by atoms with E-state index in [1.807, 2.05) is 32.0 Å². The van der Waals surface area contributed by atoms with Crippen molar-refractivity contribution in [3.63, 3.8) is 0 Å². The molecule has 0 atom stereocenters. The minimum absolute atomic E-state index is 0.0221. The number of anilines is 1. The van der Waals surface area contributed by atoms with Crippen molar-refractivity contribution in [2.24, 2.45) is 5.41 Å². The molecule has 0 aliphatic heterocycles. The average molecular weight is 263 g/mol. The maximum atomic E-state index is 12.1. The van der Waals surface area contributed by atoms with Gasteiger partial charge in [-0.25, -0.2) is 0 Å². The highest BCUT2D eigenvalue weighted by atomic mass is 16.4. The fourth-order valence-corrected chi connectivity index (χ4v) is 1.65. The number of nitrogens with zero attached hydrogens (tertiary/aromatic N) is 1. The smallest absolute Gasteiger partial charge is 0.309 e. The normalized spacial score (nSPS) is 11.2. The summed E-state index contributed by atoms with van der Waals surface area (Å²) in [6, 6.07) is 5.76. The van der Waals surface area contributed by atoms with Gasteiger partial charge in [0, 0.05) is 19.2 Å². The standard InChI is InChI=1S/C15H21NO3/c1-10-6-7-12(8-11(10)2)16(5)13(17)9-15(3,4)14(18)19/h6-8H,9H2,1-5H3,(H,18,19). The monoisotopic (exact) mass is 263 g/mol. The summed E-state index contributed by atoms with van der Waals surface area (Å²) in [5.41, 5.74) is 2.00. The zero-order chi connectivity index (χ0) is 14.8. The van der Waals surface area contributed by atoms with Crippen molar-refractivity contribution in [3.8, 4) is 0 Å². The fourth-order valence-electron chi connectivity index (χ4n) is 1.65. The number of carboxylic acids is 1. The maximum Gasteiger partial charge on any atom is 0.309 e. The predicted octanol–water partition coefficient (Wildman–Crippen LogP) is 2.77. The Morgan fingerprint density at radius 3 is 2.26 bits per heavy atom. The van der Waals surface area contributed by atoms with E-state index in [4.69, 9.17) is 5.11 Å². The van der Waals surface area contributed by atoms with Crippen LogP contribution in [0.1, 0.15) is 31.4 Å². The largest absolute Gasteiger partial charge is 0.481 e. The molecule has 0 aliphatic rings. The van der Waals surface area contributed by atoms with Crippen LogP contribution in [0.3, 0.4) is 0 Å². The summed E-state index contributed by atoms with van der Waals surface area (Å²) >= 11 is 0. The molecule has 0 saturated carbocycles. The van der Waals surface area contributed by atoms with Gasteiger partial charge in [0.1, 0.15) is 0 Å². The molecule has 1 aromatic rings. The first-order valence-electron chi connectivity index (χ1n) is 6.22. The van der Waals surface area contributed by atoms with Gasteiger partial charge in [-0.15, -0.1) is 0 Å². The lowest BCUT2D eigenvalue weighted by molar-refractivity contribution is -0.149. The van der Waals surface area contributed by atoms with Gasteiger partial charge < -0.3 is 10.0 Å². The van der Waals surface area contributed by atoms with Gasteiger partial charge in [-0.05, 0) is 51.0 Å². The number of carboxylic acid groups (broad SMARTS) is 1. The predicted molar refractivity (Wildman–Crippen MR) is 75.4 cm³/mol. The summed E-state index contributed by atoms with van der Waals surface area (Å²) in [7, 11) is 1.67. The Kier molecular flexibility index (Phi) is 4.35. The van der Waals surface area contributed by atoms with E-state index < -0.39 is 11.4 Å². The summed E-state index contributed by atoms with van der Waals surface area (Å²) in [4.78, 5) is 24.7. The van der Waals surface area contributed by atoms with Crippen LogP contribution in [0.25, 0.3) is 0 Å². The Morgan fingerprint density at radius 2 is 1.79 bits per heavy atom. The zero-order valence-electron chi connectivity index (χ0n) is 12.2. The Hall–Kier alpha value is -1.84. The number of hydrogen-bond donors (Lipinski definition) is 1. The van der Waals surface area contributed by atoms with E-state index in [-0.39, 0.29) is 12.3 Å². The van der Waals surface area contributed by atoms with Crippen LogP contribution in [0, 0.1) is 19.3 Å². The van der Waals surface area contributed by atoms with Crippen LogP contribution < -0.4 is 4.90 Å². The molecule has 1 rings (SSSR count). The second kappa shape index (κ2) is 5.43. The summed E-state index contributed by atoms with van der Waals surface area (Å²) < 4.78 is 0. The first-order valence-corrected chi connectivity index (χ1v) is 6.22. The molecule has 0 radical (unpaired) electrons. The van der Waals surface area contributed by atoms with Crippen LogP contribution >= 0.6 is 0 Å². The molecular weight excluding hydrogens is 242 g/mol. The van der Waals surface area contributed by atoms with Crippen molar-refractivity contribution >= 4 is 17.6 Å². The fraction of sp³-hybridized carbons (Fsp3) is 0.467. The Morgan fingerprint density at radius 1 is 1.21 bits per heavy atom. The molecule has 0 bridgehead atoms. The lowest BCUT2D eigenvalue weighted by Gasteiger charge is -2.24. The van der Waals surface area contributed by atoms with Gasteiger partial charge in [-0.2, -0.15) is 0 Å². The molecule has 19 heavy (non-hydrogen) atoms. The lowest BCUT2D eigenvalue weighted by atomic mass is 9.89. The van der Waals surface area contributed by atoms with Gasteiger partial charge in [-0.1, -0.05) is 6.07 Å². The van der Waals surface area contributed by atoms with Crippen LogP contribution in [0.15, 0.2) is 18.2 Å². The first-order chi connectivity index (χ1) is 8.65. The summed E-state index contributed by atoms with van der Waals surface area (Å²) in [6.07, 6.45) is -0.0221. The van der Waals surface area contributed by atoms with Crippen molar-refractivity contribution in [1.29, 1.82) is 0 Å². The van der Waals surface area contributed by atoms with E-state index in [0.717, 1.165) is 16.8 Å². The van der Waals surface area contributed by atoms with Crippen molar-refractivity contribution in [2.45, 2.75) is 34.1 Å². The van der Waals surface area contributed by atoms with E-state index in [9.17, 15) is 9.59 Å². The highest BCUT2D eigenvalue weighted by Gasteiger charge is 2.31. The average Bonchev–Trinajstić information content (AvgIpc) is 2.31. The van der Waals surface area contributed by atoms with Crippen LogP contribution in [0.5, 0.6) is 0 Å². The van der Waals surface area contributed by atoms with Gasteiger partial charge in [0.15, 0.2) is 0 Å². The molecule has 4 heteroatoms. The molecular formula is C15H21NO3. The van der Waals surface area contributed by atoms with Gasteiger partial charge in [-0.3, -0.25) is 9.59 Å². The number of amides is 1. The molecule has 1 N–H and O–H groups in total. The second-order valence-electron chi connectivity index (χ2n) is 5.59. The molecule has 0 fully saturated rings. The number of benzene rings is 1. The molecule has 104 valence electrons. The third-order valence-corrected chi connectivity index (χ3v) is 3.42. The van der Waals surface area contributed by atoms with Crippen LogP contribution in [0.2, 0.25) is 0 Å². The number of hydrogen-bond acceptors (Lipinski definition) is 2. The van der Waals surface area contributed by atoms with E-state index in [1.54, 1.807) is 20.9 Å². The molecule has 0 spiro atoms. The number of rotatable bonds is 4. The quantitative estimate of drug-likeness (QED) is 0.908.